The van der Waals surface area contributed by atoms with Crippen molar-refractivity contribution in [2.45, 2.75) is 90.9 Å². The van der Waals surface area contributed by atoms with Crippen molar-refractivity contribution in [3.05, 3.63) is 66.2 Å². The number of rotatable bonds is 16. The predicted molar refractivity (Wildman–Crippen MR) is 152 cm³/mol. The number of allylic oxidation sites excluding steroid dienone is 2. The molecule has 37 heavy (non-hydrogen) atoms. The highest BCUT2D eigenvalue weighted by Gasteiger charge is 2.20. The molecule has 4 heteroatoms. The zero-order chi connectivity index (χ0) is 26.1. The van der Waals surface area contributed by atoms with Gasteiger partial charge in [0.1, 0.15) is 17.2 Å². The molecule has 0 radical (unpaired) electrons. The molecule has 1 aliphatic rings. The Morgan fingerprint density at radius 1 is 0.757 bits per heavy atom. The summed E-state index contributed by atoms with van der Waals surface area (Å²) >= 11 is 0. The van der Waals surface area contributed by atoms with E-state index < -0.39 is 0 Å². The van der Waals surface area contributed by atoms with Crippen LogP contribution < -0.4 is 14.2 Å². The highest BCUT2D eigenvalue weighted by Crippen LogP contribution is 2.30. The molecule has 0 atom stereocenters. The Bertz CT molecular complexity index is 908. The minimum atomic E-state index is -0.374. The van der Waals surface area contributed by atoms with Gasteiger partial charge < -0.3 is 14.2 Å². The lowest BCUT2D eigenvalue weighted by Gasteiger charge is -2.26. The summed E-state index contributed by atoms with van der Waals surface area (Å²) in [4.78, 5) is 12.5. The highest BCUT2D eigenvalue weighted by molar-refractivity contribution is 5.91. The normalized spacial score (nSPS) is 17.6. The molecule has 2 aromatic rings. The maximum atomic E-state index is 12.5. The summed E-state index contributed by atoms with van der Waals surface area (Å²) in [6, 6.07) is 14.5. The second-order valence-corrected chi connectivity index (χ2v) is 10.3. The fourth-order valence-corrected chi connectivity index (χ4v) is 4.75. The van der Waals surface area contributed by atoms with Crippen LogP contribution in [0.25, 0.3) is 0 Å². The highest BCUT2D eigenvalue weighted by atomic mass is 16.5. The van der Waals surface area contributed by atoms with Gasteiger partial charge in [0.2, 0.25) is 0 Å². The minimum absolute atomic E-state index is 0.374. The molecule has 0 aromatic heterocycles. The Balaban J connectivity index is 1.34. The number of hydrogen-bond donors (Lipinski definition) is 0. The van der Waals surface area contributed by atoms with Gasteiger partial charge in [0.25, 0.3) is 0 Å². The standard InChI is InChI=1S/C33H46O4/c1-3-5-7-8-9-11-25-35-30-19-17-29(18-20-30)33(34)37-32-23-21-31(22-24-32)36-26-28-15-13-27(14-16-28)12-10-6-4-2/h10,12,17-24,27-28H,3-9,11,13-16,25-26H2,1-2H3/t27-,28-. The molecule has 0 heterocycles. The number of carbonyl (C=O) groups excluding carboxylic acids is 1. The topological polar surface area (TPSA) is 44.8 Å². The van der Waals surface area contributed by atoms with E-state index in [0.29, 0.717) is 23.8 Å². The van der Waals surface area contributed by atoms with E-state index in [4.69, 9.17) is 14.2 Å². The van der Waals surface area contributed by atoms with E-state index in [2.05, 4.69) is 26.0 Å². The van der Waals surface area contributed by atoms with Crippen molar-refractivity contribution in [3.8, 4) is 17.2 Å². The zero-order valence-electron chi connectivity index (χ0n) is 23.0. The van der Waals surface area contributed by atoms with Crippen LogP contribution in [0.5, 0.6) is 17.2 Å². The Kier molecular flexibility index (Phi) is 13.2. The van der Waals surface area contributed by atoms with Crippen molar-refractivity contribution in [2.24, 2.45) is 11.8 Å². The molecule has 0 N–H and O–H groups in total. The third-order valence-electron chi connectivity index (χ3n) is 7.13. The van der Waals surface area contributed by atoms with Gasteiger partial charge in [-0.25, -0.2) is 4.79 Å². The summed E-state index contributed by atoms with van der Waals surface area (Å²) in [6.45, 7) is 5.91. The van der Waals surface area contributed by atoms with Crippen LogP contribution in [0, 0.1) is 11.8 Å². The number of carbonyl (C=O) groups is 1. The van der Waals surface area contributed by atoms with Gasteiger partial charge in [-0.2, -0.15) is 0 Å². The number of benzene rings is 2. The maximum absolute atomic E-state index is 12.5. The lowest BCUT2D eigenvalue weighted by Crippen LogP contribution is -2.19. The molecule has 1 saturated carbocycles. The van der Waals surface area contributed by atoms with Crippen LogP contribution in [0.1, 0.15) is 101 Å². The molecule has 0 spiro atoms. The van der Waals surface area contributed by atoms with Crippen molar-refractivity contribution >= 4 is 5.97 Å². The molecular weight excluding hydrogens is 460 g/mol. The van der Waals surface area contributed by atoms with Crippen molar-refractivity contribution in [3.63, 3.8) is 0 Å². The first-order chi connectivity index (χ1) is 18.2. The fourth-order valence-electron chi connectivity index (χ4n) is 4.75. The van der Waals surface area contributed by atoms with Crippen LogP contribution in [0.4, 0.5) is 0 Å². The number of hydrogen-bond acceptors (Lipinski definition) is 4. The van der Waals surface area contributed by atoms with Gasteiger partial charge in [-0.05, 0) is 98.9 Å². The third kappa shape index (κ3) is 11.0. The van der Waals surface area contributed by atoms with E-state index in [9.17, 15) is 4.79 Å². The van der Waals surface area contributed by atoms with Crippen molar-refractivity contribution in [1.82, 2.24) is 0 Å². The summed E-state index contributed by atoms with van der Waals surface area (Å²) in [7, 11) is 0. The van der Waals surface area contributed by atoms with Gasteiger partial charge in [-0.1, -0.05) is 64.5 Å². The minimum Gasteiger partial charge on any atom is -0.494 e. The fraction of sp³-hybridized carbons (Fsp3) is 0.545. The maximum Gasteiger partial charge on any atom is 0.343 e. The number of esters is 1. The summed E-state index contributed by atoms with van der Waals surface area (Å²) < 4.78 is 17.4. The van der Waals surface area contributed by atoms with Crippen LogP contribution in [0.2, 0.25) is 0 Å². The smallest absolute Gasteiger partial charge is 0.343 e. The van der Waals surface area contributed by atoms with Gasteiger partial charge in [-0.15, -0.1) is 0 Å². The second-order valence-electron chi connectivity index (χ2n) is 10.3. The quantitative estimate of drug-likeness (QED) is 0.0985. The van der Waals surface area contributed by atoms with Gasteiger partial charge >= 0.3 is 5.97 Å². The van der Waals surface area contributed by atoms with E-state index in [1.165, 1.54) is 70.6 Å². The second kappa shape index (κ2) is 16.9. The average molecular weight is 507 g/mol. The molecule has 0 aliphatic heterocycles. The van der Waals surface area contributed by atoms with Gasteiger partial charge in [0.05, 0.1) is 18.8 Å². The van der Waals surface area contributed by atoms with E-state index >= 15 is 0 Å². The van der Waals surface area contributed by atoms with Crippen LogP contribution in [-0.4, -0.2) is 19.2 Å². The molecule has 0 amide bonds. The first kappa shape index (κ1) is 28.8. The van der Waals surface area contributed by atoms with E-state index in [0.717, 1.165) is 30.4 Å². The lowest BCUT2D eigenvalue weighted by molar-refractivity contribution is 0.0734. The SMILES string of the molecule is CCCC=C[C@H]1CC[C@H](COc2ccc(OC(=O)c3ccc(OCCCCCCCC)cc3)cc2)CC1. The van der Waals surface area contributed by atoms with Crippen molar-refractivity contribution in [1.29, 1.82) is 0 Å². The van der Waals surface area contributed by atoms with E-state index in [1.54, 1.807) is 24.3 Å². The first-order valence-corrected chi connectivity index (χ1v) is 14.5. The van der Waals surface area contributed by atoms with Gasteiger partial charge in [0, 0.05) is 0 Å². The summed E-state index contributed by atoms with van der Waals surface area (Å²) in [5, 5.41) is 0. The van der Waals surface area contributed by atoms with Crippen LogP contribution >= 0.6 is 0 Å². The van der Waals surface area contributed by atoms with E-state index in [-0.39, 0.29) is 5.97 Å². The third-order valence-corrected chi connectivity index (χ3v) is 7.13. The molecule has 4 nitrogen and oxygen atoms in total. The Labute approximate surface area is 224 Å². The van der Waals surface area contributed by atoms with Gasteiger partial charge in [0.15, 0.2) is 0 Å². The lowest BCUT2D eigenvalue weighted by atomic mass is 9.82. The number of ether oxygens (including phenoxy) is 3. The summed E-state index contributed by atoms with van der Waals surface area (Å²) in [5.41, 5.74) is 0.507. The van der Waals surface area contributed by atoms with Crippen LogP contribution in [0.15, 0.2) is 60.7 Å². The first-order valence-electron chi connectivity index (χ1n) is 14.5. The molecule has 0 bridgehead atoms. The predicted octanol–water partition coefficient (Wildman–Crippen LogP) is 9.19. The zero-order valence-corrected chi connectivity index (χ0v) is 23.0. The molecule has 0 saturated heterocycles. The van der Waals surface area contributed by atoms with Crippen molar-refractivity contribution < 1.29 is 19.0 Å². The van der Waals surface area contributed by atoms with Gasteiger partial charge in [-0.3, -0.25) is 0 Å². The average Bonchev–Trinajstić information content (AvgIpc) is 2.93. The Hall–Kier alpha value is -2.75. The molecule has 2 aromatic carbocycles. The van der Waals surface area contributed by atoms with Crippen LogP contribution in [0.3, 0.4) is 0 Å². The Morgan fingerprint density at radius 2 is 1.38 bits per heavy atom. The Morgan fingerprint density at radius 3 is 2.08 bits per heavy atom. The van der Waals surface area contributed by atoms with Crippen LogP contribution in [-0.2, 0) is 0 Å². The molecule has 3 rings (SSSR count). The monoisotopic (exact) mass is 506 g/mol. The molecule has 0 unspecified atom stereocenters. The molecule has 1 fully saturated rings. The largest absolute Gasteiger partial charge is 0.494 e. The number of unbranched alkanes of at least 4 members (excludes halogenated alkanes) is 6. The molecular formula is C33H46O4. The molecule has 202 valence electrons. The van der Waals surface area contributed by atoms with Crippen molar-refractivity contribution in [2.75, 3.05) is 13.2 Å². The summed E-state index contributed by atoms with van der Waals surface area (Å²) in [5.74, 6) is 3.10. The van der Waals surface area contributed by atoms with E-state index in [1.807, 2.05) is 24.3 Å². The summed E-state index contributed by atoms with van der Waals surface area (Å²) in [6.07, 6.45) is 19.6. The molecule has 1 aliphatic carbocycles.